The van der Waals surface area contributed by atoms with Gasteiger partial charge in [-0.05, 0) is 73.0 Å². The molecule has 2 heterocycles. The molecule has 0 atom stereocenters. The van der Waals surface area contributed by atoms with E-state index >= 15 is 13.2 Å². The van der Waals surface area contributed by atoms with Crippen molar-refractivity contribution in [2.24, 2.45) is 0 Å². The molecule has 0 bridgehead atoms. The minimum atomic E-state index is -4.87. The maximum Gasteiger partial charge on any atom is 0.418 e. The number of halogens is 6. The lowest BCUT2D eigenvalue weighted by atomic mass is 9.96. The van der Waals surface area contributed by atoms with Crippen LogP contribution in [0.15, 0.2) is 115 Å². The molecular formula is C41H25F6N3. The van der Waals surface area contributed by atoms with E-state index in [0.717, 1.165) is 50.9 Å². The van der Waals surface area contributed by atoms with Crippen LogP contribution in [0.2, 0.25) is 0 Å². The number of para-hydroxylation sites is 4. The summed E-state index contributed by atoms with van der Waals surface area (Å²) in [6, 6.07) is 30.8. The minimum absolute atomic E-state index is 0.0344. The van der Waals surface area contributed by atoms with Crippen molar-refractivity contribution in [3.05, 3.63) is 149 Å². The van der Waals surface area contributed by atoms with Gasteiger partial charge in [-0.15, -0.1) is 0 Å². The highest BCUT2D eigenvalue weighted by molar-refractivity contribution is 6.12. The van der Waals surface area contributed by atoms with Gasteiger partial charge in [-0.2, -0.15) is 26.3 Å². The number of fused-ring (bicyclic) bond motifs is 6. The van der Waals surface area contributed by atoms with Crippen LogP contribution in [-0.2, 0) is 12.4 Å². The van der Waals surface area contributed by atoms with Gasteiger partial charge in [0.15, 0.2) is 5.69 Å². The van der Waals surface area contributed by atoms with E-state index in [9.17, 15) is 13.2 Å². The first-order valence-electron chi connectivity index (χ1n) is 15.7. The molecule has 3 nitrogen and oxygen atoms in total. The third-order valence-corrected chi connectivity index (χ3v) is 9.38. The number of nitrogens with zero attached hydrogens (tertiary/aromatic N) is 3. The summed E-state index contributed by atoms with van der Waals surface area (Å²) in [5, 5.41) is 3.04. The third kappa shape index (κ3) is 4.74. The van der Waals surface area contributed by atoms with Crippen molar-refractivity contribution in [2.45, 2.75) is 26.2 Å². The van der Waals surface area contributed by atoms with Crippen LogP contribution in [0, 0.1) is 20.4 Å². The molecule has 0 saturated carbocycles. The predicted molar refractivity (Wildman–Crippen MR) is 186 cm³/mol. The zero-order valence-corrected chi connectivity index (χ0v) is 26.6. The lowest BCUT2D eigenvalue weighted by Crippen LogP contribution is -2.14. The highest BCUT2D eigenvalue weighted by Gasteiger charge is 2.37. The van der Waals surface area contributed by atoms with Gasteiger partial charge < -0.3 is 9.13 Å². The Kier molecular flexibility index (Phi) is 6.88. The van der Waals surface area contributed by atoms with Crippen LogP contribution in [-0.4, -0.2) is 9.13 Å². The van der Waals surface area contributed by atoms with E-state index in [0.29, 0.717) is 22.1 Å². The molecule has 0 radical (unpaired) electrons. The first kappa shape index (κ1) is 31.3. The van der Waals surface area contributed by atoms with Gasteiger partial charge in [0, 0.05) is 32.7 Å². The van der Waals surface area contributed by atoms with Crippen LogP contribution < -0.4 is 0 Å². The van der Waals surface area contributed by atoms with Crippen LogP contribution >= 0.6 is 0 Å². The summed E-state index contributed by atoms with van der Waals surface area (Å²) in [7, 11) is 0. The summed E-state index contributed by atoms with van der Waals surface area (Å²) >= 11 is 0. The second-order valence-electron chi connectivity index (χ2n) is 12.4. The topological polar surface area (TPSA) is 14.2 Å². The summed E-state index contributed by atoms with van der Waals surface area (Å²) in [4.78, 5) is 3.32. The number of alkyl halides is 6. The van der Waals surface area contributed by atoms with Crippen LogP contribution in [0.1, 0.15) is 22.3 Å². The second-order valence-corrected chi connectivity index (χ2v) is 12.4. The monoisotopic (exact) mass is 673 g/mol. The van der Waals surface area contributed by atoms with Crippen LogP contribution in [0.25, 0.3) is 71.0 Å². The quantitative estimate of drug-likeness (QED) is 0.131. The molecule has 0 aliphatic heterocycles. The van der Waals surface area contributed by atoms with Gasteiger partial charge in [0.1, 0.15) is 0 Å². The fourth-order valence-electron chi connectivity index (χ4n) is 7.28. The largest absolute Gasteiger partial charge is 0.418 e. The third-order valence-electron chi connectivity index (χ3n) is 9.38. The Morgan fingerprint density at radius 2 is 1.06 bits per heavy atom. The van der Waals surface area contributed by atoms with Crippen molar-refractivity contribution >= 4 is 49.3 Å². The van der Waals surface area contributed by atoms with Crippen molar-refractivity contribution in [3.8, 4) is 22.5 Å². The van der Waals surface area contributed by atoms with E-state index in [2.05, 4.69) is 4.85 Å². The van der Waals surface area contributed by atoms with E-state index in [1.165, 1.54) is 12.1 Å². The smallest absolute Gasteiger partial charge is 0.308 e. The number of aromatic nitrogens is 2. The molecule has 0 unspecified atom stereocenters. The fourth-order valence-corrected chi connectivity index (χ4v) is 7.28. The maximum atomic E-state index is 15.5. The summed E-state index contributed by atoms with van der Waals surface area (Å²) in [6.07, 6.45) is -9.68. The SMILES string of the molecule is [C-]#[N+]c1cc(-c2cc(-n3c4ccccc4c4cccc(C)c43)c(C(F)(F)F)cc2-n2c3ccccc3c3cccc(C)c32)cc(C(F)(F)F)c1. The molecule has 50 heavy (non-hydrogen) atoms. The summed E-state index contributed by atoms with van der Waals surface area (Å²) in [6.45, 7) is 11.3. The molecule has 0 fully saturated rings. The number of aryl methyl sites for hydroxylation is 2. The molecule has 0 aliphatic rings. The van der Waals surface area contributed by atoms with E-state index < -0.39 is 23.5 Å². The molecule has 8 aromatic rings. The number of benzene rings is 6. The fraction of sp³-hybridized carbons (Fsp3) is 0.0976. The van der Waals surface area contributed by atoms with Crippen molar-refractivity contribution in [1.29, 1.82) is 0 Å². The van der Waals surface area contributed by atoms with Crippen LogP contribution in [0.5, 0.6) is 0 Å². The van der Waals surface area contributed by atoms with Gasteiger partial charge in [0.05, 0.1) is 45.6 Å². The van der Waals surface area contributed by atoms with Crippen molar-refractivity contribution in [3.63, 3.8) is 0 Å². The molecule has 0 amide bonds. The zero-order chi connectivity index (χ0) is 35.1. The standard InChI is InChI=1S/C41H25F6N3/c1-23-10-8-14-30-28-12-4-6-16-34(28)49(38(23)30)36-22-33(41(45,46)47)37(21-32(36)25-18-26(40(42,43)44)20-27(19-25)48-3)50-35-17-7-5-13-29(35)31-15-9-11-24(2)39(31)50/h4-22H,1-2H3. The Morgan fingerprint density at radius 1 is 0.540 bits per heavy atom. The highest BCUT2D eigenvalue weighted by Crippen LogP contribution is 2.46. The average Bonchev–Trinajstić information content (AvgIpc) is 3.61. The van der Waals surface area contributed by atoms with Gasteiger partial charge in [0.25, 0.3) is 0 Å². The molecule has 6 aromatic carbocycles. The molecule has 2 aromatic heterocycles. The van der Waals surface area contributed by atoms with E-state index in [1.807, 2.05) is 74.5 Å². The molecule has 9 heteroatoms. The Morgan fingerprint density at radius 3 is 1.58 bits per heavy atom. The molecule has 8 rings (SSSR count). The molecule has 0 N–H and O–H groups in total. The summed E-state index contributed by atoms with van der Waals surface area (Å²) in [5.74, 6) is 0. The Bertz CT molecular complexity index is 2720. The zero-order valence-electron chi connectivity index (χ0n) is 26.6. The van der Waals surface area contributed by atoms with Crippen LogP contribution in [0.3, 0.4) is 0 Å². The van der Waals surface area contributed by atoms with Gasteiger partial charge in [0.2, 0.25) is 0 Å². The second kappa shape index (κ2) is 11.0. The molecule has 246 valence electrons. The van der Waals surface area contributed by atoms with Crippen molar-refractivity contribution < 1.29 is 26.3 Å². The van der Waals surface area contributed by atoms with E-state index in [1.54, 1.807) is 33.4 Å². The highest BCUT2D eigenvalue weighted by atomic mass is 19.4. The summed E-state index contributed by atoms with van der Waals surface area (Å²) < 4.78 is 92.7. The van der Waals surface area contributed by atoms with E-state index in [4.69, 9.17) is 6.57 Å². The Hall–Kier alpha value is -6.01. The van der Waals surface area contributed by atoms with Gasteiger partial charge in [-0.1, -0.05) is 72.8 Å². The molecule has 0 aliphatic carbocycles. The Balaban J connectivity index is 1.61. The summed E-state index contributed by atoms with van der Waals surface area (Å²) in [5.41, 5.74) is 1.33. The number of hydrogen-bond donors (Lipinski definition) is 0. The molecule has 0 saturated heterocycles. The number of rotatable bonds is 3. The predicted octanol–water partition coefficient (Wildman–Crippen LogP) is 12.8. The van der Waals surface area contributed by atoms with Crippen LogP contribution in [0.4, 0.5) is 32.0 Å². The van der Waals surface area contributed by atoms with Gasteiger partial charge in [-0.3, -0.25) is 0 Å². The average molecular weight is 674 g/mol. The van der Waals surface area contributed by atoms with Gasteiger partial charge in [-0.25, -0.2) is 4.85 Å². The molecule has 0 spiro atoms. The Labute approximate surface area is 282 Å². The van der Waals surface area contributed by atoms with Crippen molar-refractivity contribution in [1.82, 2.24) is 9.13 Å². The normalized spacial score (nSPS) is 12.4. The van der Waals surface area contributed by atoms with Crippen molar-refractivity contribution in [2.75, 3.05) is 0 Å². The number of hydrogen-bond acceptors (Lipinski definition) is 0. The lowest BCUT2D eigenvalue weighted by Gasteiger charge is -2.23. The maximum absolute atomic E-state index is 15.5. The first-order valence-corrected chi connectivity index (χ1v) is 15.7. The first-order chi connectivity index (χ1) is 23.9. The lowest BCUT2D eigenvalue weighted by molar-refractivity contribution is -0.138. The van der Waals surface area contributed by atoms with E-state index in [-0.39, 0.29) is 28.2 Å². The van der Waals surface area contributed by atoms with Gasteiger partial charge >= 0.3 is 12.4 Å². The molecular weight excluding hydrogens is 648 g/mol. The minimum Gasteiger partial charge on any atom is -0.308 e.